The summed E-state index contributed by atoms with van der Waals surface area (Å²) in [5.74, 6) is 0.115. The molecule has 0 fully saturated rings. The Balaban J connectivity index is 3.22. The van der Waals surface area contributed by atoms with Gasteiger partial charge in [-0.2, -0.15) is 0 Å². The van der Waals surface area contributed by atoms with Gasteiger partial charge >= 0.3 is 6.09 Å². The molecule has 0 aliphatic rings. The fraction of sp³-hybridized carbons (Fsp3) is 0.826. The van der Waals surface area contributed by atoms with Crippen LogP contribution in [0.15, 0.2) is 12.2 Å². The Kier molecular flexibility index (Phi) is 20.6. The molecule has 0 bridgehead atoms. The summed E-state index contributed by atoms with van der Waals surface area (Å²) >= 11 is 0. The molecule has 5 nitrogen and oxygen atoms in total. The molecular weight excluding hydrogens is 352 g/mol. The zero-order valence-electron chi connectivity index (χ0n) is 18.1. The van der Waals surface area contributed by atoms with Crippen molar-refractivity contribution in [1.29, 1.82) is 0 Å². The number of carbonyl (C=O) groups is 2. The molecule has 0 unspecified atom stereocenters. The van der Waals surface area contributed by atoms with Crippen LogP contribution in [0.2, 0.25) is 0 Å². The van der Waals surface area contributed by atoms with Crippen molar-refractivity contribution in [2.24, 2.45) is 0 Å². The number of amides is 2. The highest BCUT2D eigenvalue weighted by atomic mass is 16.4. The number of rotatable bonds is 20. The fourth-order valence-electron chi connectivity index (χ4n) is 3.12. The van der Waals surface area contributed by atoms with Crippen molar-refractivity contribution in [2.45, 2.75) is 110 Å². The van der Waals surface area contributed by atoms with Gasteiger partial charge in [0.2, 0.25) is 5.91 Å². The molecule has 2 amide bonds. The van der Waals surface area contributed by atoms with E-state index in [4.69, 9.17) is 5.11 Å². The van der Waals surface area contributed by atoms with E-state index in [-0.39, 0.29) is 5.91 Å². The van der Waals surface area contributed by atoms with Crippen LogP contribution in [-0.4, -0.2) is 30.2 Å². The summed E-state index contributed by atoms with van der Waals surface area (Å²) < 4.78 is 0. The highest BCUT2D eigenvalue weighted by Gasteiger charge is 2.00. The smallest absolute Gasteiger partial charge is 0.404 e. The number of hydrogen-bond acceptors (Lipinski definition) is 2. The molecule has 0 aliphatic heterocycles. The lowest BCUT2D eigenvalue weighted by atomic mass is 10.1. The van der Waals surface area contributed by atoms with Crippen molar-refractivity contribution in [3.05, 3.63) is 12.2 Å². The molecule has 0 saturated carbocycles. The topological polar surface area (TPSA) is 78.4 Å². The molecule has 0 heterocycles. The van der Waals surface area contributed by atoms with Gasteiger partial charge in [-0.3, -0.25) is 4.79 Å². The first kappa shape index (κ1) is 26.5. The maximum absolute atomic E-state index is 11.7. The van der Waals surface area contributed by atoms with E-state index in [0.717, 1.165) is 25.7 Å². The van der Waals surface area contributed by atoms with Crippen LogP contribution in [0.5, 0.6) is 0 Å². The summed E-state index contributed by atoms with van der Waals surface area (Å²) in [4.78, 5) is 22.0. The molecule has 0 spiro atoms. The van der Waals surface area contributed by atoms with Crippen LogP contribution in [0.4, 0.5) is 4.79 Å². The molecule has 28 heavy (non-hydrogen) atoms. The molecular formula is C23H44N2O3. The lowest BCUT2D eigenvalue weighted by molar-refractivity contribution is -0.121. The van der Waals surface area contributed by atoms with Gasteiger partial charge in [-0.15, -0.1) is 0 Å². The third-order valence-corrected chi connectivity index (χ3v) is 4.87. The zero-order valence-corrected chi connectivity index (χ0v) is 18.1. The molecule has 0 atom stereocenters. The van der Waals surface area contributed by atoms with Crippen molar-refractivity contribution < 1.29 is 14.7 Å². The lowest BCUT2D eigenvalue weighted by Gasteiger charge is -2.05. The molecule has 0 aromatic carbocycles. The van der Waals surface area contributed by atoms with Gasteiger partial charge in [-0.25, -0.2) is 4.79 Å². The van der Waals surface area contributed by atoms with E-state index in [2.05, 4.69) is 29.7 Å². The Morgan fingerprint density at radius 1 is 0.679 bits per heavy atom. The second-order valence-electron chi connectivity index (χ2n) is 7.62. The average Bonchev–Trinajstić information content (AvgIpc) is 2.67. The van der Waals surface area contributed by atoms with E-state index in [1.54, 1.807) is 0 Å². The number of hydrogen-bond donors (Lipinski definition) is 3. The molecule has 0 rings (SSSR count). The van der Waals surface area contributed by atoms with Crippen LogP contribution < -0.4 is 10.6 Å². The second-order valence-corrected chi connectivity index (χ2v) is 7.62. The summed E-state index contributed by atoms with van der Waals surface area (Å²) in [5.41, 5.74) is 0. The van der Waals surface area contributed by atoms with E-state index in [0.29, 0.717) is 19.5 Å². The van der Waals surface area contributed by atoms with Crippen LogP contribution in [0.1, 0.15) is 110 Å². The normalized spacial score (nSPS) is 11.0. The predicted molar refractivity (Wildman–Crippen MR) is 118 cm³/mol. The van der Waals surface area contributed by atoms with Crippen molar-refractivity contribution in [1.82, 2.24) is 10.6 Å². The first-order chi connectivity index (χ1) is 13.7. The van der Waals surface area contributed by atoms with Crippen molar-refractivity contribution in [3.8, 4) is 0 Å². The fourth-order valence-corrected chi connectivity index (χ4v) is 3.12. The van der Waals surface area contributed by atoms with Gasteiger partial charge in [0.05, 0.1) is 0 Å². The summed E-state index contributed by atoms with van der Waals surface area (Å²) in [5, 5.41) is 13.7. The monoisotopic (exact) mass is 396 g/mol. The first-order valence-electron chi connectivity index (χ1n) is 11.5. The molecule has 0 aromatic heterocycles. The van der Waals surface area contributed by atoms with Crippen LogP contribution in [0.3, 0.4) is 0 Å². The quantitative estimate of drug-likeness (QED) is 0.170. The summed E-state index contributed by atoms with van der Waals surface area (Å²) in [6.07, 6.45) is 22.3. The lowest BCUT2D eigenvalue weighted by Crippen LogP contribution is -2.26. The van der Waals surface area contributed by atoms with E-state index in [1.807, 2.05) is 0 Å². The Hall–Kier alpha value is -1.52. The van der Waals surface area contributed by atoms with Crippen molar-refractivity contribution in [2.75, 3.05) is 13.1 Å². The van der Waals surface area contributed by atoms with E-state index in [9.17, 15) is 9.59 Å². The SMILES string of the molecule is CCCCCCCC/C=C\CCCCCCCC(=O)NCCCCNC(=O)O. The molecule has 5 heteroatoms. The van der Waals surface area contributed by atoms with Crippen LogP contribution >= 0.6 is 0 Å². The van der Waals surface area contributed by atoms with E-state index < -0.39 is 6.09 Å². The van der Waals surface area contributed by atoms with E-state index in [1.165, 1.54) is 70.6 Å². The summed E-state index contributed by atoms with van der Waals surface area (Å²) in [6.45, 7) is 3.33. The Morgan fingerprint density at radius 2 is 1.18 bits per heavy atom. The molecule has 0 saturated heterocycles. The molecule has 0 radical (unpaired) electrons. The number of carboxylic acid groups (broad SMARTS) is 1. The van der Waals surface area contributed by atoms with Crippen LogP contribution in [0, 0.1) is 0 Å². The molecule has 0 aliphatic carbocycles. The van der Waals surface area contributed by atoms with Crippen molar-refractivity contribution in [3.63, 3.8) is 0 Å². The zero-order chi connectivity index (χ0) is 20.7. The Morgan fingerprint density at radius 3 is 1.75 bits per heavy atom. The van der Waals surface area contributed by atoms with Gasteiger partial charge in [-0.1, -0.05) is 70.4 Å². The third kappa shape index (κ3) is 22.5. The van der Waals surface area contributed by atoms with Gasteiger partial charge < -0.3 is 15.7 Å². The number of carbonyl (C=O) groups excluding carboxylic acids is 1. The minimum atomic E-state index is -0.992. The highest BCUT2D eigenvalue weighted by Crippen LogP contribution is 2.09. The standard InChI is InChI=1S/C23H44N2O3/c1-2-3-4-5-6-7-8-9-10-11-12-13-14-15-16-19-22(26)24-20-17-18-21-25-23(27)28/h9-10,25H,2-8,11-21H2,1H3,(H,24,26)(H,27,28)/b10-9-. The summed E-state index contributed by atoms with van der Waals surface area (Å²) in [7, 11) is 0. The molecule has 0 aromatic rings. The molecule has 3 N–H and O–H groups in total. The van der Waals surface area contributed by atoms with Gasteiger partial charge in [0.15, 0.2) is 0 Å². The largest absolute Gasteiger partial charge is 0.465 e. The Bertz CT molecular complexity index is 397. The third-order valence-electron chi connectivity index (χ3n) is 4.87. The van der Waals surface area contributed by atoms with Gasteiger partial charge in [0.25, 0.3) is 0 Å². The second kappa shape index (κ2) is 21.8. The van der Waals surface area contributed by atoms with Crippen LogP contribution in [-0.2, 0) is 4.79 Å². The van der Waals surface area contributed by atoms with Crippen molar-refractivity contribution >= 4 is 12.0 Å². The first-order valence-corrected chi connectivity index (χ1v) is 11.5. The van der Waals surface area contributed by atoms with Gasteiger partial charge in [0, 0.05) is 19.5 Å². The summed E-state index contributed by atoms with van der Waals surface area (Å²) in [6, 6.07) is 0. The maximum atomic E-state index is 11.7. The number of unbranched alkanes of at least 4 members (excludes halogenated alkanes) is 12. The van der Waals surface area contributed by atoms with Crippen LogP contribution in [0.25, 0.3) is 0 Å². The Labute approximate surface area is 172 Å². The molecule has 164 valence electrons. The number of nitrogens with one attached hydrogen (secondary N) is 2. The predicted octanol–water partition coefficient (Wildman–Crippen LogP) is 6.19. The average molecular weight is 397 g/mol. The highest BCUT2D eigenvalue weighted by molar-refractivity contribution is 5.75. The van der Waals surface area contributed by atoms with Gasteiger partial charge in [0.1, 0.15) is 0 Å². The maximum Gasteiger partial charge on any atom is 0.404 e. The minimum Gasteiger partial charge on any atom is -0.465 e. The van der Waals surface area contributed by atoms with E-state index >= 15 is 0 Å². The van der Waals surface area contributed by atoms with Gasteiger partial charge in [-0.05, 0) is 44.9 Å². The number of allylic oxidation sites excluding steroid dienone is 2. The minimum absolute atomic E-state index is 0.115.